The lowest BCUT2D eigenvalue weighted by Gasteiger charge is -2.29. The molecule has 0 spiro atoms. The fourth-order valence-electron chi connectivity index (χ4n) is 2.55. The predicted octanol–water partition coefficient (Wildman–Crippen LogP) is 4.34. The largest absolute Gasteiger partial charge is 0.474 e. The average Bonchev–Trinajstić information content (AvgIpc) is 2.41. The minimum absolute atomic E-state index is 0.321. The summed E-state index contributed by atoms with van der Waals surface area (Å²) < 4.78 is 6.08. The maximum Gasteiger partial charge on any atom is 0.214 e. The van der Waals surface area contributed by atoms with E-state index >= 15 is 0 Å². The van der Waals surface area contributed by atoms with Crippen molar-refractivity contribution in [2.24, 2.45) is 5.92 Å². The second-order valence-corrected chi connectivity index (χ2v) is 5.48. The van der Waals surface area contributed by atoms with Gasteiger partial charge in [-0.25, -0.2) is 4.98 Å². The Morgan fingerprint density at radius 2 is 2.11 bits per heavy atom. The number of halogens is 1. The molecule has 2 atom stereocenters. The third-order valence-electron chi connectivity index (χ3n) is 3.74. The van der Waals surface area contributed by atoms with E-state index in [4.69, 9.17) is 16.3 Å². The molecule has 1 aliphatic rings. The van der Waals surface area contributed by atoms with Crippen LogP contribution in [0.4, 0.5) is 0 Å². The summed E-state index contributed by atoms with van der Waals surface area (Å²) in [4.78, 5) is 4.55. The number of hydrogen-bond donors (Lipinski definition) is 0. The second-order valence-electron chi connectivity index (χ2n) is 5.21. The van der Waals surface area contributed by atoms with Gasteiger partial charge in [0.2, 0.25) is 5.88 Å². The first kappa shape index (κ1) is 13.7. The standard InChI is InChI=1S/C15H22ClNO/c1-3-13-8-12(10-16)9-15(17-13)18-14-7-5-4-6-11(14)2/h8-9,11,14H,3-7,10H2,1-2H3. The van der Waals surface area contributed by atoms with Crippen LogP contribution in [0, 0.1) is 5.92 Å². The van der Waals surface area contributed by atoms with E-state index in [9.17, 15) is 0 Å². The first-order valence-electron chi connectivity index (χ1n) is 6.95. The summed E-state index contributed by atoms with van der Waals surface area (Å²) in [5.41, 5.74) is 2.16. The molecular weight excluding hydrogens is 246 g/mol. The maximum absolute atomic E-state index is 6.08. The van der Waals surface area contributed by atoms with Crippen molar-refractivity contribution in [2.75, 3.05) is 0 Å². The fraction of sp³-hybridized carbons (Fsp3) is 0.667. The zero-order valence-corrected chi connectivity index (χ0v) is 12.0. The van der Waals surface area contributed by atoms with E-state index in [1.807, 2.05) is 6.07 Å². The first-order valence-corrected chi connectivity index (χ1v) is 7.48. The van der Waals surface area contributed by atoms with Crippen molar-refractivity contribution < 1.29 is 4.74 Å². The molecule has 1 saturated carbocycles. The van der Waals surface area contributed by atoms with Crippen molar-refractivity contribution in [3.05, 3.63) is 23.4 Å². The molecule has 3 heteroatoms. The number of hydrogen-bond acceptors (Lipinski definition) is 2. The summed E-state index contributed by atoms with van der Waals surface area (Å²) in [6, 6.07) is 4.04. The number of aryl methyl sites for hydroxylation is 1. The number of pyridine rings is 1. The van der Waals surface area contributed by atoms with Crippen molar-refractivity contribution in [3.8, 4) is 5.88 Å². The molecule has 0 N–H and O–H groups in total. The Morgan fingerprint density at radius 3 is 2.78 bits per heavy atom. The molecule has 1 aromatic rings. The quantitative estimate of drug-likeness (QED) is 0.757. The molecule has 2 nitrogen and oxygen atoms in total. The summed E-state index contributed by atoms with van der Waals surface area (Å²) in [5.74, 6) is 1.90. The Morgan fingerprint density at radius 1 is 1.33 bits per heavy atom. The number of nitrogens with zero attached hydrogens (tertiary/aromatic N) is 1. The molecule has 100 valence electrons. The second kappa shape index (κ2) is 6.42. The van der Waals surface area contributed by atoms with Crippen molar-refractivity contribution in [1.29, 1.82) is 0 Å². The van der Waals surface area contributed by atoms with Gasteiger partial charge in [0, 0.05) is 17.6 Å². The van der Waals surface area contributed by atoms with Crippen LogP contribution in [0.1, 0.15) is 50.8 Å². The highest BCUT2D eigenvalue weighted by atomic mass is 35.5. The van der Waals surface area contributed by atoms with Crippen LogP contribution in [0.5, 0.6) is 5.88 Å². The molecule has 0 aromatic carbocycles. The summed E-state index contributed by atoms with van der Waals surface area (Å²) >= 11 is 5.92. The highest BCUT2D eigenvalue weighted by Gasteiger charge is 2.23. The summed E-state index contributed by atoms with van der Waals surface area (Å²) in [6.07, 6.45) is 6.25. The summed E-state index contributed by atoms with van der Waals surface area (Å²) in [6.45, 7) is 4.38. The molecule has 2 rings (SSSR count). The van der Waals surface area contributed by atoms with Crippen molar-refractivity contribution in [3.63, 3.8) is 0 Å². The van der Waals surface area contributed by atoms with Crippen LogP contribution in [-0.4, -0.2) is 11.1 Å². The molecule has 2 unspecified atom stereocenters. The van der Waals surface area contributed by atoms with Gasteiger partial charge in [-0.15, -0.1) is 11.6 Å². The molecule has 0 aliphatic heterocycles. The zero-order chi connectivity index (χ0) is 13.0. The van der Waals surface area contributed by atoms with Gasteiger partial charge in [0.25, 0.3) is 0 Å². The fourth-order valence-corrected chi connectivity index (χ4v) is 2.71. The minimum atomic E-state index is 0.321. The first-order chi connectivity index (χ1) is 8.72. The van der Waals surface area contributed by atoms with E-state index in [1.54, 1.807) is 0 Å². The van der Waals surface area contributed by atoms with Gasteiger partial charge in [-0.3, -0.25) is 0 Å². The summed E-state index contributed by atoms with van der Waals surface area (Å²) in [5, 5.41) is 0. The van der Waals surface area contributed by atoms with Gasteiger partial charge in [0.05, 0.1) is 0 Å². The third-order valence-corrected chi connectivity index (χ3v) is 4.04. The number of aromatic nitrogens is 1. The van der Waals surface area contributed by atoms with E-state index in [1.165, 1.54) is 19.3 Å². The van der Waals surface area contributed by atoms with E-state index in [-0.39, 0.29) is 0 Å². The lowest BCUT2D eigenvalue weighted by molar-refractivity contribution is 0.0973. The smallest absolute Gasteiger partial charge is 0.214 e. The number of rotatable bonds is 4. The Balaban J connectivity index is 2.12. The van der Waals surface area contributed by atoms with E-state index in [2.05, 4.69) is 24.9 Å². The summed E-state index contributed by atoms with van der Waals surface area (Å²) in [7, 11) is 0. The molecule has 1 aromatic heterocycles. The van der Waals surface area contributed by atoms with Gasteiger partial charge < -0.3 is 4.74 Å². The van der Waals surface area contributed by atoms with Gasteiger partial charge in [-0.1, -0.05) is 20.3 Å². The maximum atomic E-state index is 6.08. The monoisotopic (exact) mass is 267 g/mol. The Bertz CT molecular complexity index is 372. The molecule has 1 aliphatic carbocycles. The van der Waals surface area contributed by atoms with Crippen molar-refractivity contribution in [1.82, 2.24) is 4.98 Å². The molecule has 1 fully saturated rings. The predicted molar refractivity (Wildman–Crippen MR) is 75.2 cm³/mol. The van der Waals surface area contributed by atoms with E-state index in [0.717, 1.165) is 30.0 Å². The van der Waals surface area contributed by atoms with Crippen LogP contribution >= 0.6 is 11.6 Å². The molecular formula is C15H22ClNO. The Kier molecular flexibility index (Phi) is 4.87. The molecule has 1 heterocycles. The highest BCUT2D eigenvalue weighted by Crippen LogP contribution is 2.28. The lowest BCUT2D eigenvalue weighted by atomic mass is 9.88. The minimum Gasteiger partial charge on any atom is -0.474 e. The van der Waals surface area contributed by atoms with Crippen LogP contribution in [0.2, 0.25) is 0 Å². The zero-order valence-electron chi connectivity index (χ0n) is 11.3. The van der Waals surface area contributed by atoms with Crippen molar-refractivity contribution in [2.45, 2.75) is 57.9 Å². The van der Waals surface area contributed by atoms with Gasteiger partial charge in [-0.05, 0) is 43.2 Å². The van der Waals surface area contributed by atoms with Crippen LogP contribution in [0.15, 0.2) is 12.1 Å². The van der Waals surface area contributed by atoms with Gasteiger partial charge in [0.15, 0.2) is 0 Å². The van der Waals surface area contributed by atoms with E-state index < -0.39 is 0 Å². The van der Waals surface area contributed by atoms with E-state index in [0.29, 0.717) is 17.9 Å². The third kappa shape index (κ3) is 3.38. The Hall–Kier alpha value is -0.760. The number of alkyl halides is 1. The van der Waals surface area contributed by atoms with Crippen molar-refractivity contribution >= 4 is 11.6 Å². The van der Waals surface area contributed by atoms with Crippen LogP contribution in [0.25, 0.3) is 0 Å². The van der Waals surface area contributed by atoms with Gasteiger partial charge in [-0.2, -0.15) is 0 Å². The highest BCUT2D eigenvalue weighted by molar-refractivity contribution is 6.17. The lowest BCUT2D eigenvalue weighted by Crippen LogP contribution is -2.28. The Labute approximate surface area is 115 Å². The molecule has 0 amide bonds. The average molecular weight is 268 g/mol. The van der Waals surface area contributed by atoms with Gasteiger partial charge in [0.1, 0.15) is 6.10 Å². The van der Waals surface area contributed by atoms with Gasteiger partial charge >= 0.3 is 0 Å². The number of ether oxygens (including phenoxy) is 1. The SMILES string of the molecule is CCc1cc(CCl)cc(OC2CCCCC2C)n1. The topological polar surface area (TPSA) is 22.1 Å². The van der Waals surface area contributed by atoms with Crippen LogP contribution < -0.4 is 4.74 Å². The molecule has 0 radical (unpaired) electrons. The molecule has 0 bridgehead atoms. The normalized spacial score (nSPS) is 23.9. The van der Waals surface area contributed by atoms with Crippen LogP contribution in [-0.2, 0) is 12.3 Å². The van der Waals surface area contributed by atoms with Crippen LogP contribution in [0.3, 0.4) is 0 Å². The molecule has 0 saturated heterocycles. The molecule has 18 heavy (non-hydrogen) atoms.